The van der Waals surface area contributed by atoms with E-state index in [2.05, 4.69) is 35.4 Å². The maximum atomic E-state index is 13.4. The minimum atomic E-state index is -0.276. The molecule has 0 bridgehead atoms. The molecule has 3 aromatic rings. The van der Waals surface area contributed by atoms with Gasteiger partial charge in [-0.15, -0.1) is 0 Å². The van der Waals surface area contributed by atoms with E-state index in [4.69, 9.17) is 0 Å². The number of aromatic amines is 1. The molecule has 4 rings (SSSR count). The first kappa shape index (κ1) is 17.1. The maximum absolute atomic E-state index is 13.4. The molecular formula is C19H20FN7. The summed E-state index contributed by atoms with van der Waals surface area (Å²) in [5, 5.41) is 10.2. The highest BCUT2D eigenvalue weighted by atomic mass is 19.1. The third-order valence-electron chi connectivity index (χ3n) is 4.25. The largest absolute Gasteiger partial charge is 0.341 e. The highest BCUT2D eigenvalue weighted by Crippen LogP contribution is 2.20. The number of H-pyrrole nitrogens is 1. The van der Waals surface area contributed by atoms with E-state index in [0.717, 1.165) is 37.2 Å². The maximum Gasteiger partial charge on any atom is 0.233 e. The van der Waals surface area contributed by atoms with Crippen LogP contribution in [0, 0.1) is 12.7 Å². The zero-order valence-electron chi connectivity index (χ0n) is 15.0. The topological polar surface area (TPSA) is 82.6 Å². The van der Waals surface area contributed by atoms with Gasteiger partial charge in [0.05, 0.1) is 0 Å². The fourth-order valence-electron chi connectivity index (χ4n) is 2.95. The van der Waals surface area contributed by atoms with E-state index in [9.17, 15) is 4.39 Å². The number of hydrogen-bond acceptors (Lipinski definition) is 6. The number of anilines is 3. The lowest BCUT2D eigenvalue weighted by Gasteiger charge is -2.16. The molecule has 1 aliphatic heterocycles. The van der Waals surface area contributed by atoms with Crippen LogP contribution >= 0.6 is 0 Å². The van der Waals surface area contributed by atoms with Crippen molar-refractivity contribution in [2.45, 2.75) is 19.8 Å². The van der Waals surface area contributed by atoms with Crippen molar-refractivity contribution < 1.29 is 4.39 Å². The summed E-state index contributed by atoms with van der Waals surface area (Å²) < 4.78 is 13.4. The molecule has 0 saturated carbocycles. The third-order valence-corrected chi connectivity index (χ3v) is 4.25. The summed E-state index contributed by atoms with van der Waals surface area (Å²) in [5.41, 5.74) is 1.69. The van der Waals surface area contributed by atoms with Gasteiger partial charge in [-0.2, -0.15) is 20.1 Å². The van der Waals surface area contributed by atoms with E-state index in [1.54, 1.807) is 18.2 Å². The Hall–Kier alpha value is -3.29. The SMILES string of the molecule is Cc1cc(Nc2nc(/C=C/c3cccc(F)c3)nc(N3CCCC3)n2)n[nH]1. The summed E-state index contributed by atoms with van der Waals surface area (Å²) in [7, 11) is 0. The Labute approximate surface area is 156 Å². The van der Waals surface area contributed by atoms with Gasteiger partial charge in [0.25, 0.3) is 0 Å². The van der Waals surface area contributed by atoms with Crippen LogP contribution in [0.25, 0.3) is 12.2 Å². The average molecular weight is 365 g/mol. The van der Waals surface area contributed by atoms with E-state index in [1.807, 2.05) is 19.1 Å². The molecule has 0 aliphatic carbocycles. The molecule has 27 heavy (non-hydrogen) atoms. The van der Waals surface area contributed by atoms with E-state index in [0.29, 0.717) is 23.5 Å². The molecule has 8 heteroatoms. The Morgan fingerprint density at radius 2 is 1.96 bits per heavy atom. The standard InChI is InChI=1S/C19H20FN7/c1-13-11-17(26-25-13)22-18-21-16(8-7-14-5-4-6-15(20)12-14)23-19(24-18)27-9-2-3-10-27/h4-8,11-12H,2-3,9-10H2,1H3,(H2,21,22,23,24,25,26)/b8-7+. The highest BCUT2D eigenvalue weighted by molar-refractivity contribution is 5.67. The highest BCUT2D eigenvalue weighted by Gasteiger charge is 2.17. The van der Waals surface area contributed by atoms with E-state index >= 15 is 0 Å². The fraction of sp³-hybridized carbons (Fsp3) is 0.263. The molecule has 1 aliphatic rings. The number of benzene rings is 1. The summed E-state index contributed by atoms with van der Waals surface area (Å²) in [5.74, 6) is 1.94. The van der Waals surface area contributed by atoms with Gasteiger partial charge >= 0.3 is 0 Å². The first-order chi connectivity index (χ1) is 13.2. The number of aromatic nitrogens is 5. The molecule has 0 amide bonds. The van der Waals surface area contributed by atoms with Crippen LogP contribution in [0.4, 0.5) is 22.1 Å². The van der Waals surface area contributed by atoms with Crippen molar-refractivity contribution in [2.24, 2.45) is 0 Å². The van der Waals surface area contributed by atoms with Crippen molar-refractivity contribution in [2.75, 3.05) is 23.3 Å². The van der Waals surface area contributed by atoms with E-state index in [1.165, 1.54) is 12.1 Å². The van der Waals surface area contributed by atoms with Crippen LogP contribution in [0.2, 0.25) is 0 Å². The third kappa shape index (κ3) is 4.28. The summed E-state index contributed by atoms with van der Waals surface area (Å²) in [4.78, 5) is 15.7. The van der Waals surface area contributed by atoms with Gasteiger partial charge < -0.3 is 10.2 Å². The molecule has 2 N–H and O–H groups in total. The van der Waals surface area contributed by atoms with Gasteiger partial charge in [0, 0.05) is 24.8 Å². The van der Waals surface area contributed by atoms with Crippen molar-refractivity contribution in [1.29, 1.82) is 0 Å². The predicted octanol–water partition coefficient (Wildman–Crippen LogP) is 3.56. The molecule has 0 unspecified atom stereocenters. The first-order valence-electron chi connectivity index (χ1n) is 8.89. The Morgan fingerprint density at radius 3 is 2.70 bits per heavy atom. The predicted molar refractivity (Wildman–Crippen MR) is 103 cm³/mol. The zero-order chi connectivity index (χ0) is 18.6. The Balaban J connectivity index is 1.64. The summed E-state index contributed by atoms with van der Waals surface area (Å²) in [6.07, 6.45) is 5.80. The number of halogens is 1. The molecule has 1 aromatic carbocycles. The summed E-state index contributed by atoms with van der Waals surface area (Å²) in [6.45, 7) is 3.78. The minimum Gasteiger partial charge on any atom is -0.341 e. The van der Waals surface area contributed by atoms with E-state index in [-0.39, 0.29) is 5.82 Å². The van der Waals surface area contributed by atoms with Crippen molar-refractivity contribution in [1.82, 2.24) is 25.1 Å². The van der Waals surface area contributed by atoms with Gasteiger partial charge in [-0.25, -0.2) is 4.39 Å². The molecule has 7 nitrogen and oxygen atoms in total. The molecule has 0 spiro atoms. The minimum absolute atomic E-state index is 0.276. The monoisotopic (exact) mass is 365 g/mol. The van der Waals surface area contributed by atoms with Crippen molar-refractivity contribution in [3.8, 4) is 0 Å². The first-order valence-corrected chi connectivity index (χ1v) is 8.89. The summed E-state index contributed by atoms with van der Waals surface area (Å²) in [6, 6.07) is 8.25. The van der Waals surface area contributed by atoms with Gasteiger partial charge in [-0.05, 0) is 43.5 Å². The Kier molecular flexibility index (Phi) is 4.78. The second-order valence-electron chi connectivity index (χ2n) is 6.46. The number of aryl methyl sites for hydroxylation is 1. The average Bonchev–Trinajstić information content (AvgIpc) is 3.32. The fourth-order valence-corrected chi connectivity index (χ4v) is 2.95. The molecule has 1 fully saturated rings. The normalized spacial score (nSPS) is 14.2. The smallest absolute Gasteiger partial charge is 0.233 e. The van der Waals surface area contributed by atoms with Gasteiger partial charge in [0.1, 0.15) is 5.82 Å². The summed E-state index contributed by atoms with van der Waals surface area (Å²) >= 11 is 0. The van der Waals surface area contributed by atoms with E-state index < -0.39 is 0 Å². The molecule has 2 aromatic heterocycles. The van der Waals surface area contributed by atoms with Crippen molar-refractivity contribution in [3.05, 3.63) is 53.2 Å². The lowest BCUT2D eigenvalue weighted by Crippen LogP contribution is -2.21. The quantitative estimate of drug-likeness (QED) is 0.719. The number of nitrogens with zero attached hydrogens (tertiary/aromatic N) is 5. The molecule has 0 radical (unpaired) electrons. The number of hydrogen-bond donors (Lipinski definition) is 2. The number of rotatable bonds is 5. The lowest BCUT2D eigenvalue weighted by molar-refractivity contribution is 0.627. The lowest BCUT2D eigenvalue weighted by atomic mass is 10.2. The van der Waals surface area contributed by atoms with Gasteiger partial charge in [0.2, 0.25) is 11.9 Å². The number of nitrogens with one attached hydrogen (secondary N) is 2. The van der Waals surface area contributed by atoms with Crippen LogP contribution in [0.3, 0.4) is 0 Å². The van der Waals surface area contributed by atoms with Gasteiger partial charge in [-0.1, -0.05) is 18.2 Å². The van der Waals surface area contributed by atoms with Crippen LogP contribution in [0.15, 0.2) is 30.3 Å². The van der Waals surface area contributed by atoms with Gasteiger partial charge in [-0.3, -0.25) is 5.10 Å². The second-order valence-corrected chi connectivity index (χ2v) is 6.46. The zero-order valence-corrected chi connectivity index (χ0v) is 15.0. The van der Waals surface area contributed by atoms with Gasteiger partial charge in [0.15, 0.2) is 11.6 Å². The second kappa shape index (κ2) is 7.53. The Bertz CT molecular complexity index is 960. The van der Waals surface area contributed by atoms with Crippen LogP contribution in [0.1, 0.15) is 29.9 Å². The van der Waals surface area contributed by atoms with Crippen molar-refractivity contribution in [3.63, 3.8) is 0 Å². The van der Waals surface area contributed by atoms with Crippen LogP contribution in [-0.2, 0) is 0 Å². The molecule has 0 atom stereocenters. The van der Waals surface area contributed by atoms with Crippen LogP contribution < -0.4 is 10.2 Å². The molecule has 1 saturated heterocycles. The Morgan fingerprint density at radius 1 is 1.11 bits per heavy atom. The van der Waals surface area contributed by atoms with Crippen LogP contribution in [0.5, 0.6) is 0 Å². The molecule has 3 heterocycles. The van der Waals surface area contributed by atoms with Crippen molar-refractivity contribution >= 4 is 29.9 Å². The molecule has 138 valence electrons. The molecular weight excluding hydrogens is 345 g/mol. The van der Waals surface area contributed by atoms with Crippen LogP contribution in [-0.4, -0.2) is 38.2 Å².